The Kier molecular flexibility index (Phi) is 18.9. The van der Waals surface area contributed by atoms with E-state index in [1.54, 1.807) is 24.3 Å². The van der Waals surface area contributed by atoms with Gasteiger partial charge in [0.15, 0.2) is 6.29 Å². The maximum absolute atomic E-state index is 11.3. The van der Waals surface area contributed by atoms with Gasteiger partial charge < -0.3 is 14.3 Å². The van der Waals surface area contributed by atoms with Crippen molar-refractivity contribution in [2.75, 3.05) is 13.2 Å². The molecule has 0 aliphatic rings. The molecule has 27 heavy (non-hydrogen) atoms. The minimum atomic E-state index is -0.488. The van der Waals surface area contributed by atoms with Crippen molar-refractivity contribution in [2.24, 2.45) is 0 Å². The first-order valence-corrected chi connectivity index (χ1v) is 9.59. The second kappa shape index (κ2) is 18.8. The van der Waals surface area contributed by atoms with Crippen LogP contribution in [0.5, 0.6) is 0 Å². The normalized spacial score (nSPS) is 10.6. The predicted octanol–water partition coefficient (Wildman–Crippen LogP) is 5.03. The van der Waals surface area contributed by atoms with Crippen molar-refractivity contribution in [3.05, 3.63) is 35.4 Å². The summed E-state index contributed by atoms with van der Waals surface area (Å²) >= 11 is 0. The molecule has 0 fully saturated rings. The molecule has 1 aromatic rings. The third-order valence-corrected chi connectivity index (χ3v) is 3.58. The quantitative estimate of drug-likeness (QED) is 0.445. The molecule has 0 N–H and O–H groups in total. The Hall–Kier alpha value is -2.03. The van der Waals surface area contributed by atoms with Crippen LogP contribution in [0.1, 0.15) is 77.8 Å². The SMILES string of the molecule is CC(=O)C(CC=O)c1ccccc1C#N.CCCC.CCOC(C)OCC. The maximum Gasteiger partial charge on any atom is 0.154 e. The van der Waals surface area contributed by atoms with E-state index in [1.807, 2.05) is 26.8 Å². The van der Waals surface area contributed by atoms with Gasteiger partial charge in [0.25, 0.3) is 0 Å². The molecular weight excluding hydrogens is 342 g/mol. The van der Waals surface area contributed by atoms with Gasteiger partial charge in [-0.05, 0) is 39.3 Å². The van der Waals surface area contributed by atoms with E-state index < -0.39 is 5.92 Å². The summed E-state index contributed by atoms with van der Waals surface area (Å²) in [5.74, 6) is -0.580. The van der Waals surface area contributed by atoms with Gasteiger partial charge in [-0.1, -0.05) is 44.9 Å². The lowest BCUT2D eigenvalue weighted by Crippen LogP contribution is -2.11. The number of rotatable bonds is 9. The molecule has 0 heterocycles. The van der Waals surface area contributed by atoms with Gasteiger partial charge in [0.2, 0.25) is 0 Å². The summed E-state index contributed by atoms with van der Waals surface area (Å²) < 4.78 is 10.1. The average Bonchev–Trinajstić information content (AvgIpc) is 2.67. The summed E-state index contributed by atoms with van der Waals surface area (Å²) in [5.41, 5.74) is 1.10. The lowest BCUT2D eigenvalue weighted by atomic mass is 9.89. The van der Waals surface area contributed by atoms with E-state index in [0.717, 1.165) is 13.2 Å². The third-order valence-electron chi connectivity index (χ3n) is 3.58. The van der Waals surface area contributed by atoms with Gasteiger partial charge in [0.1, 0.15) is 12.1 Å². The summed E-state index contributed by atoms with van der Waals surface area (Å²) in [6, 6.07) is 8.88. The summed E-state index contributed by atoms with van der Waals surface area (Å²) in [7, 11) is 0. The lowest BCUT2D eigenvalue weighted by Gasteiger charge is -2.11. The molecule has 0 aromatic heterocycles. The Morgan fingerprint density at radius 2 is 1.63 bits per heavy atom. The Balaban J connectivity index is 0. The molecule has 5 heteroatoms. The van der Waals surface area contributed by atoms with Gasteiger partial charge in [-0.3, -0.25) is 4.79 Å². The molecule has 0 amide bonds. The highest BCUT2D eigenvalue weighted by atomic mass is 16.7. The first kappa shape index (κ1) is 27.2. The van der Waals surface area contributed by atoms with E-state index in [4.69, 9.17) is 14.7 Å². The van der Waals surface area contributed by atoms with Crippen LogP contribution in [0.3, 0.4) is 0 Å². The van der Waals surface area contributed by atoms with E-state index >= 15 is 0 Å². The zero-order valence-electron chi connectivity index (χ0n) is 17.7. The Bertz CT molecular complexity index is 543. The van der Waals surface area contributed by atoms with Gasteiger partial charge in [-0.15, -0.1) is 0 Å². The number of nitrogens with zero attached hydrogens (tertiary/aromatic N) is 1. The van der Waals surface area contributed by atoms with E-state index in [9.17, 15) is 9.59 Å². The number of benzene rings is 1. The monoisotopic (exact) mass is 377 g/mol. The highest BCUT2D eigenvalue weighted by molar-refractivity contribution is 5.86. The topological polar surface area (TPSA) is 76.4 Å². The highest BCUT2D eigenvalue weighted by Gasteiger charge is 2.18. The number of hydrogen-bond donors (Lipinski definition) is 0. The van der Waals surface area contributed by atoms with Gasteiger partial charge >= 0.3 is 0 Å². The fraction of sp³-hybridized carbons (Fsp3) is 0.591. The molecule has 1 atom stereocenters. The molecule has 0 aliphatic heterocycles. The number of ketones is 1. The van der Waals surface area contributed by atoms with Crippen molar-refractivity contribution < 1.29 is 19.1 Å². The fourth-order valence-corrected chi connectivity index (χ4v) is 2.03. The highest BCUT2D eigenvalue weighted by Crippen LogP contribution is 2.23. The first-order valence-electron chi connectivity index (χ1n) is 9.59. The smallest absolute Gasteiger partial charge is 0.154 e. The van der Waals surface area contributed by atoms with Crippen LogP contribution in [0.4, 0.5) is 0 Å². The number of Topliss-reactive ketones (excluding diaryl/α,β-unsaturated/α-hetero) is 1. The Morgan fingerprint density at radius 1 is 1.11 bits per heavy atom. The molecule has 1 unspecified atom stereocenters. The van der Waals surface area contributed by atoms with Crippen LogP contribution in [0, 0.1) is 11.3 Å². The molecule has 0 saturated carbocycles. The zero-order chi connectivity index (χ0) is 21.1. The van der Waals surface area contributed by atoms with E-state index in [-0.39, 0.29) is 18.5 Å². The van der Waals surface area contributed by atoms with Crippen LogP contribution in [0.2, 0.25) is 0 Å². The fourth-order valence-electron chi connectivity index (χ4n) is 2.03. The lowest BCUT2D eigenvalue weighted by molar-refractivity contribution is -0.123. The zero-order valence-corrected chi connectivity index (χ0v) is 17.7. The number of ether oxygens (including phenoxy) is 2. The molecule has 1 rings (SSSR count). The molecule has 5 nitrogen and oxygen atoms in total. The standard InChI is InChI=1S/C12H11NO2.C6H14O2.C4H10/c1-9(15)11(6-7-14)12-5-3-2-4-10(12)8-13;1-4-7-6(3)8-5-2;1-3-4-2/h2-5,7,11H,6H2,1H3;6H,4-5H2,1-3H3;3-4H2,1-2H3. The van der Waals surface area contributed by atoms with Crippen molar-refractivity contribution in [3.63, 3.8) is 0 Å². The van der Waals surface area contributed by atoms with Crippen LogP contribution in [-0.4, -0.2) is 31.6 Å². The molecule has 152 valence electrons. The number of hydrogen-bond acceptors (Lipinski definition) is 5. The van der Waals surface area contributed by atoms with Gasteiger partial charge in [-0.2, -0.15) is 5.26 Å². The molecule has 0 radical (unpaired) electrons. The van der Waals surface area contributed by atoms with E-state index in [1.165, 1.54) is 19.8 Å². The summed E-state index contributed by atoms with van der Waals surface area (Å²) in [5, 5.41) is 8.87. The van der Waals surface area contributed by atoms with Gasteiger partial charge in [0, 0.05) is 19.6 Å². The molecule has 1 aromatic carbocycles. The minimum Gasteiger partial charge on any atom is -0.353 e. The van der Waals surface area contributed by atoms with Crippen molar-refractivity contribution in [1.29, 1.82) is 5.26 Å². The van der Waals surface area contributed by atoms with Crippen molar-refractivity contribution in [1.82, 2.24) is 0 Å². The second-order valence-electron chi connectivity index (χ2n) is 5.74. The summed E-state index contributed by atoms with van der Waals surface area (Å²) in [4.78, 5) is 21.8. The molecule has 0 spiro atoms. The van der Waals surface area contributed by atoms with Gasteiger partial charge in [0.05, 0.1) is 17.6 Å². The Morgan fingerprint density at radius 3 is 2.00 bits per heavy atom. The summed E-state index contributed by atoms with van der Waals surface area (Å²) in [6.45, 7) is 13.0. The summed E-state index contributed by atoms with van der Waals surface area (Å²) in [6.07, 6.45) is 3.44. The minimum absolute atomic E-state index is 0.0370. The van der Waals surface area contributed by atoms with E-state index in [2.05, 4.69) is 13.8 Å². The van der Waals surface area contributed by atoms with Crippen LogP contribution in [0.25, 0.3) is 0 Å². The molecule has 0 aliphatic carbocycles. The van der Waals surface area contributed by atoms with Crippen LogP contribution in [0.15, 0.2) is 24.3 Å². The Labute approximate surface area is 164 Å². The van der Waals surface area contributed by atoms with Crippen LogP contribution >= 0.6 is 0 Å². The largest absolute Gasteiger partial charge is 0.353 e. The van der Waals surface area contributed by atoms with E-state index in [0.29, 0.717) is 17.4 Å². The van der Waals surface area contributed by atoms with Crippen LogP contribution in [-0.2, 0) is 19.1 Å². The molecular formula is C22H35NO4. The predicted molar refractivity (Wildman–Crippen MR) is 109 cm³/mol. The average molecular weight is 378 g/mol. The third kappa shape index (κ3) is 13.8. The first-order chi connectivity index (χ1) is 12.9. The van der Waals surface area contributed by atoms with Crippen molar-refractivity contribution in [3.8, 4) is 6.07 Å². The number of unbranched alkanes of at least 4 members (excludes halogenated alkanes) is 1. The van der Waals surface area contributed by atoms with Crippen molar-refractivity contribution in [2.45, 2.75) is 73.0 Å². The second-order valence-corrected chi connectivity index (χ2v) is 5.74. The molecule has 0 bridgehead atoms. The van der Waals surface area contributed by atoms with Crippen LogP contribution < -0.4 is 0 Å². The number of aldehydes is 1. The number of nitriles is 1. The number of carbonyl (C=O) groups is 2. The van der Waals surface area contributed by atoms with Crippen molar-refractivity contribution >= 4 is 12.1 Å². The number of carbonyl (C=O) groups excluding carboxylic acids is 2. The van der Waals surface area contributed by atoms with Gasteiger partial charge in [-0.25, -0.2) is 0 Å². The maximum atomic E-state index is 11.3. The molecule has 0 saturated heterocycles.